The van der Waals surface area contributed by atoms with Gasteiger partial charge in [-0.15, -0.1) is 13.2 Å². The molecule has 0 spiro atoms. The molecule has 1 N–H and O–H groups in total. The highest BCUT2D eigenvalue weighted by molar-refractivity contribution is 7.89. The smallest absolute Gasteiger partial charge is 0.256 e. The van der Waals surface area contributed by atoms with Crippen LogP contribution in [-0.2, 0) is 10.0 Å². The third kappa shape index (κ3) is 5.48. The predicted octanol–water partition coefficient (Wildman–Crippen LogP) is 4.80. The van der Waals surface area contributed by atoms with Crippen LogP contribution in [0.15, 0.2) is 78.7 Å². The molecule has 2 aromatic heterocycles. The molecule has 4 aromatic rings. The van der Waals surface area contributed by atoms with Gasteiger partial charge in [0.15, 0.2) is 0 Å². The van der Waals surface area contributed by atoms with Gasteiger partial charge in [-0.05, 0) is 50.2 Å². The zero-order chi connectivity index (χ0) is 26.6. The fourth-order valence-corrected chi connectivity index (χ4v) is 6.01. The Morgan fingerprint density at radius 2 is 1.86 bits per heavy atom. The van der Waals surface area contributed by atoms with E-state index in [4.69, 9.17) is 9.72 Å². The van der Waals surface area contributed by atoms with Gasteiger partial charge in [0.2, 0.25) is 15.2 Å². The summed E-state index contributed by atoms with van der Waals surface area (Å²) >= 11 is 1.43. The number of rotatable bonds is 11. The van der Waals surface area contributed by atoms with Crippen molar-refractivity contribution in [2.24, 2.45) is 0 Å². The maximum absolute atomic E-state index is 13.0. The van der Waals surface area contributed by atoms with Crippen molar-refractivity contribution >= 4 is 43.3 Å². The first-order valence-corrected chi connectivity index (χ1v) is 13.8. The van der Waals surface area contributed by atoms with E-state index in [0.717, 1.165) is 10.2 Å². The molecule has 9 nitrogen and oxygen atoms in total. The number of hydrogen-bond donors (Lipinski definition) is 1. The Kier molecular flexibility index (Phi) is 7.86. The minimum atomic E-state index is -3.76. The Morgan fingerprint density at radius 1 is 1.16 bits per heavy atom. The van der Waals surface area contributed by atoms with Crippen LogP contribution < -0.4 is 10.1 Å². The minimum Gasteiger partial charge on any atom is -0.492 e. The Balaban J connectivity index is 1.59. The Bertz CT molecular complexity index is 1550. The number of nitrogens with one attached hydrogen (secondary N) is 1. The van der Waals surface area contributed by atoms with Crippen LogP contribution in [0.2, 0.25) is 0 Å². The molecule has 4 rings (SSSR count). The van der Waals surface area contributed by atoms with E-state index in [1.807, 2.05) is 32.0 Å². The van der Waals surface area contributed by atoms with Crippen LogP contribution in [-0.4, -0.2) is 53.1 Å². The largest absolute Gasteiger partial charge is 0.492 e. The molecule has 11 heteroatoms. The van der Waals surface area contributed by atoms with Crippen molar-refractivity contribution in [2.45, 2.75) is 18.7 Å². The number of nitrogens with zero attached hydrogens (tertiary/aromatic N) is 4. The molecule has 2 heterocycles. The molecule has 0 aliphatic rings. The highest BCUT2D eigenvalue weighted by Gasteiger charge is 2.23. The number of hydrogen-bond acceptors (Lipinski definition) is 7. The van der Waals surface area contributed by atoms with Gasteiger partial charge in [-0.25, -0.2) is 13.4 Å². The van der Waals surface area contributed by atoms with Crippen molar-refractivity contribution in [3.63, 3.8) is 0 Å². The zero-order valence-corrected chi connectivity index (χ0v) is 22.2. The molecule has 0 aliphatic heterocycles. The standard InChI is InChI=1S/C26H27N5O4S2/c1-5-15-30(16-6-2)37(33,34)20-13-11-19(12-14-20)25(32)27-23-17-18(4)29-31(23)26-28-24-21(35-7-3)9-8-10-22(24)36-26/h5-6,8-14,17H,1-2,7,15-16H2,3-4H3,(H,27,32). The second-order valence-corrected chi connectivity index (χ2v) is 10.9. The van der Waals surface area contributed by atoms with Crippen LogP contribution in [0.3, 0.4) is 0 Å². The van der Waals surface area contributed by atoms with E-state index in [1.165, 1.54) is 52.1 Å². The third-order valence-corrected chi connectivity index (χ3v) is 8.19. The molecule has 0 atom stereocenters. The number of carbonyl (C=O) groups is 1. The fraction of sp³-hybridized carbons (Fsp3) is 0.192. The van der Waals surface area contributed by atoms with Gasteiger partial charge in [-0.3, -0.25) is 4.79 Å². The summed E-state index contributed by atoms with van der Waals surface area (Å²) in [4.78, 5) is 17.8. The van der Waals surface area contributed by atoms with Crippen molar-refractivity contribution in [1.82, 2.24) is 19.1 Å². The monoisotopic (exact) mass is 537 g/mol. The molecular weight excluding hydrogens is 510 g/mol. The third-order valence-electron chi connectivity index (χ3n) is 5.34. The number of benzene rings is 2. The molecule has 2 aromatic carbocycles. The summed E-state index contributed by atoms with van der Waals surface area (Å²) < 4.78 is 35.3. The molecule has 0 radical (unpaired) electrons. The van der Waals surface area contributed by atoms with E-state index in [9.17, 15) is 13.2 Å². The number of aromatic nitrogens is 3. The average molecular weight is 538 g/mol. The van der Waals surface area contributed by atoms with Crippen LogP contribution in [0, 0.1) is 6.92 Å². The van der Waals surface area contributed by atoms with Crippen molar-refractivity contribution in [3.8, 4) is 10.9 Å². The van der Waals surface area contributed by atoms with Crippen LogP contribution in [0.4, 0.5) is 5.82 Å². The number of thiazole rings is 1. The number of fused-ring (bicyclic) bond motifs is 1. The Hall–Kier alpha value is -3.80. The van der Waals surface area contributed by atoms with Crippen molar-refractivity contribution in [3.05, 3.63) is 85.1 Å². The second-order valence-electron chi connectivity index (χ2n) is 7.99. The Morgan fingerprint density at radius 3 is 2.51 bits per heavy atom. The fourth-order valence-electron chi connectivity index (χ4n) is 3.68. The van der Waals surface area contributed by atoms with Gasteiger partial charge in [0.25, 0.3) is 5.91 Å². The van der Waals surface area contributed by atoms with E-state index in [2.05, 4.69) is 23.6 Å². The second kappa shape index (κ2) is 11.1. The number of para-hydroxylation sites is 1. The van der Waals surface area contributed by atoms with Crippen molar-refractivity contribution < 1.29 is 17.9 Å². The van der Waals surface area contributed by atoms with E-state index >= 15 is 0 Å². The molecular formula is C26H27N5O4S2. The summed E-state index contributed by atoms with van der Waals surface area (Å²) in [7, 11) is -3.76. The van der Waals surface area contributed by atoms with E-state index < -0.39 is 15.9 Å². The maximum Gasteiger partial charge on any atom is 0.256 e. The van der Waals surface area contributed by atoms with Crippen LogP contribution in [0.5, 0.6) is 5.75 Å². The quantitative estimate of drug-likeness (QED) is 0.275. The Labute approximate surface area is 219 Å². The summed E-state index contributed by atoms with van der Waals surface area (Å²) in [6.07, 6.45) is 3.02. The van der Waals surface area contributed by atoms with E-state index in [-0.39, 0.29) is 18.0 Å². The van der Waals surface area contributed by atoms with Crippen molar-refractivity contribution in [1.29, 1.82) is 0 Å². The van der Waals surface area contributed by atoms with Crippen LogP contribution in [0.1, 0.15) is 23.0 Å². The highest BCUT2D eigenvalue weighted by Crippen LogP contribution is 2.32. The first kappa shape index (κ1) is 26.3. The molecule has 1 amide bonds. The molecule has 0 fully saturated rings. The van der Waals surface area contributed by atoms with Gasteiger partial charge in [0.1, 0.15) is 17.1 Å². The van der Waals surface area contributed by atoms with Gasteiger partial charge >= 0.3 is 0 Å². The van der Waals surface area contributed by atoms with Crippen LogP contribution in [0.25, 0.3) is 15.3 Å². The molecule has 37 heavy (non-hydrogen) atoms. The number of amides is 1. The SMILES string of the molecule is C=CCN(CC=C)S(=O)(=O)c1ccc(C(=O)Nc2cc(C)nn2-c2nc3c(OCC)cccc3s2)cc1. The normalized spacial score (nSPS) is 11.5. The molecule has 0 aliphatic carbocycles. The van der Waals surface area contributed by atoms with Gasteiger partial charge in [-0.2, -0.15) is 14.1 Å². The lowest BCUT2D eigenvalue weighted by atomic mass is 10.2. The van der Waals surface area contributed by atoms with E-state index in [0.29, 0.717) is 34.6 Å². The molecule has 0 saturated heterocycles. The summed E-state index contributed by atoms with van der Waals surface area (Å²) in [5, 5.41) is 7.95. The number of aryl methyl sites for hydroxylation is 1. The van der Waals surface area contributed by atoms with Gasteiger partial charge < -0.3 is 10.1 Å². The lowest BCUT2D eigenvalue weighted by Gasteiger charge is -2.19. The highest BCUT2D eigenvalue weighted by atomic mass is 32.2. The summed E-state index contributed by atoms with van der Waals surface area (Å²) in [5.41, 5.74) is 1.73. The number of anilines is 1. The summed E-state index contributed by atoms with van der Waals surface area (Å²) in [6.45, 7) is 11.8. The van der Waals surface area contributed by atoms with Crippen molar-refractivity contribution in [2.75, 3.05) is 25.0 Å². The minimum absolute atomic E-state index is 0.0771. The lowest BCUT2D eigenvalue weighted by molar-refractivity contribution is 0.102. The number of carbonyl (C=O) groups excluding carboxylic acids is 1. The number of ether oxygens (including phenoxy) is 1. The summed E-state index contributed by atoms with van der Waals surface area (Å²) in [6, 6.07) is 13.2. The van der Waals surface area contributed by atoms with Gasteiger partial charge in [0.05, 0.1) is 21.9 Å². The maximum atomic E-state index is 13.0. The topological polar surface area (TPSA) is 106 Å². The summed E-state index contributed by atoms with van der Waals surface area (Å²) in [5.74, 6) is 0.723. The van der Waals surface area contributed by atoms with Crippen LogP contribution >= 0.6 is 11.3 Å². The molecule has 0 bridgehead atoms. The van der Waals surface area contributed by atoms with Gasteiger partial charge in [0, 0.05) is 24.7 Å². The molecule has 0 unspecified atom stereocenters. The van der Waals surface area contributed by atoms with Gasteiger partial charge in [-0.1, -0.05) is 29.6 Å². The lowest BCUT2D eigenvalue weighted by Crippen LogP contribution is -2.31. The average Bonchev–Trinajstić information content (AvgIpc) is 3.47. The first-order chi connectivity index (χ1) is 17.8. The first-order valence-electron chi connectivity index (χ1n) is 11.5. The zero-order valence-electron chi connectivity index (χ0n) is 20.5. The predicted molar refractivity (Wildman–Crippen MR) is 146 cm³/mol. The molecule has 192 valence electrons. The number of sulfonamides is 1. The molecule has 0 saturated carbocycles. The van der Waals surface area contributed by atoms with E-state index in [1.54, 1.807) is 10.7 Å².